The van der Waals surface area contributed by atoms with Crippen LogP contribution in [0.2, 0.25) is 0 Å². The average molecular weight is 612 g/mol. The molecular formula is C46H29NO. The van der Waals surface area contributed by atoms with Crippen molar-refractivity contribution < 1.29 is 4.42 Å². The molecule has 0 spiro atoms. The summed E-state index contributed by atoms with van der Waals surface area (Å²) in [5, 5.41) is 12.0. The van der Waals surface area contributed by atoms with Gasteiger partial charge in [0.15, 0.2) is 0 Å². The van der Waals surface area contributed by atoms with E-state index in [1.165, 1.54) is 48.8 Å². The molecule has 0 amide bonds. The highest BCUT2D eigenvalue weighted by atomic mass is 16.3. The standard InChI is InChI=1S/C46H29NO/c1-2-11-30(12-3-1)34-15-8-17-36(27-34)47(41-20-10-16-35-28-40-38-19-6-7-22-43(38)48-44(40)29-39(35)41)42-21-9-14-32-25-26-33-24-23-31-13-4-5-18-37(31)45(33)46(32)42/h1-29H. The van der Waals surface area contributed by atoms with E-state index < -0.39 is 0 Å². The second kappa shape index (κ2) is 10.6. The number of rotatable bonds is 4. The first-order valence-electron chi connectivity index (χ1n) is 16.4. The summed E-state index contributed by atoms with van der Waals surface area (Å²) in [7, 11) is 0. The molecule has 0 fully saturated rings. The van der Waals surface area contributed by atoms with Crippen molar-refractivity contribution in [2.24, 2.45) is 0 Å². The Bertz CT molecular complexity index is 2840. The van der Waals surface area contributed by atoms with Crippen molar-refractivity contribution in [3.63, 3.8) is 0 Å². The summed E-state index contributed by atoms with van der Waals surface area (Å²) in [5.41, 5.74) is 7.50. The minimum Gasteiger partial charge on any atom is -0.456 e. The van der Waals surface area contributed by atoms with Crippen molar-refractivity contribution in [2.45, 2.75) is 0 Å². The third kappa shape index (κ3) is 4.13. The van der Waals surface area contributed by atoms with E-state index >= 15 is 0 Å². The lowest BCUT2D eigenvalue weighted by atomic mass is 9.94. The van der Waals surface area contributed by atoms with E-state index in [1.807, 2.05) is 12.1 Å². The number of hydrogen-bond donors (Lipinski definition) is 0. The molecule has 1 aromatic heterocycles. The van der Waals surface area contributed by atoms with Gasteiger partial charge in [-0.2, -0.15) is 0 Å². The highest BCUT2D eigenvalue weighted by molar-refractivity contribution is 6.25. The topological polar surface area (TPSA) is 16.4 Å². The summed E-state index contributed by atoms with van der Waals surface area (Å²) >= 11 is 0. The molecule has 0 aliphatic rings. The molecule has 0 N–H and O–H groups in total. The summed E-state index contributed by atoms with van der Waals surface area (Å²) < 4.78 is 6.44. The number of fused-ring (bicyclic) bond motifs is 9. The van der Waals surface area contributed by atoms with E-state index in [0.29, 0.717) is 0 Å². The zero-order chi connectivity index (χ0) is 31.6. The van der Waals surface area contributed by atoms with E-state index in [2.05, 4.69) is 169 Å². The van der Waals surface area contributed by atoms with Gasteiger partial charge in [-0.3, -0.25) is 0 Å². The minimum atomic E-state index is 0.892. The molecule has 0 aliphatic carbocycles. The van der Waals surface area contributed by atoms with E-state index in [0.717, 1.165) is 44.4 Å². The van der Waals surface area contributed by atoms with Crippen LogP contribution in [0.5, 0.6) is 0 Å². The summed E-state index contributed by atoms with van der Waals surface area (Å²) in [6.07, 6.45) is 0. The van der Waals surface area contributed by atoms with Crippen LogP contribution in [0.15, 0.2) is 180 Å². The molecule has 10 aromatic rings. The SMILES string of the molecule is c1ccc(-c2cccc(N(c3cccc4cc5c(cc34)oc3ccccc35)c3cccc4ccc5ccc6ccccc6c5c34)c2)cc1. The van der Waals surface area contributed by atoms with Crippen LogP contribution < -0.4 is 4.90 Å². The number of furan rings is 1. The largest absolute Gasteiger partial charge is 0.456 e. The van der Waals surface area contributed by atoms with Crippen molar-refractivity contribution in [2.75, 3.05) is 4.90 Å². The van der Waals surface area contributed by atoms with Crippen LogP contribution in [0, 0.1) is 0 Å². The third-order valence-corrected chi connectivity index (χ3v) is 9.78. The number of hydrogen-bond acceptors (Lipinski definition) is 2. The molecule has 224 valence electrons. The van der Waals surface area contributed by atoms with Gasteiger partial charge in [-0.05, 0) is 85.9 Å². The zero-order valence-corrected chi connectivity index (χ0v) is 26.1. The van der Waals surface area contributed by atoms with Crippen molar-refractivity contribution in [1.82, 2.24) is 0 Å². The zero-order valence-electron chi connectivity index (χ0n) is 26.1. The Morgan fingerprint density at radius 2 is 0.979 bits per heavy atom. The van der Waals surface area contributed by atoms with Gasteiger partial charge >= 0.3 is 0 Å². The molecule has 48 heavy (non-hydrogen) atoms. The Morgan fingerprint density at radius 3 is 1.85 bits per heavy atom. The Balaban J connectivity index is 1.33. The molecule has 0 saturated heterocycles. The van der Waals surface area contributed by atoms with E-state index in [9.17, 15) is 0 Å². The molecule has 9 aromatic carbocycles. The first kappa shape index (κ1) is 26.8. The molecule has 0 atom stereocenters. The highest BCUT2D eigenvalue weighted by Gasteiger charge is 2.21. The monoisotopic (exact) mass is 611 g/mol. The lowest BCUT2D eigenvalue weighted by Crippen LogP contribution is -2.11. The van der Waals surface area contributed by atoms with Crippen LogP contribution in [0.1, 0.15) is 0 Å². The Hall–Kier alpha value is -6.38. The molecule has 2 heteroatoms. The molecule has 0 radical (unpaired) electrons. The molecule has 0 unspecified atom stereocenters. The van der Waals surface area contributed by atoms with E-state index in [-0.39, 0.29) is 0 Å². The van der Waals surface area contributed by atoms with Crippen LogP contribution in [0.25, 0.3) is 76.2 Å². The van der Waals surface area contributed by atoms with Crippen LogP contribution >= 0.6 is 0 Å². The van der Waals surface area contributed by atoms with Crippen LogP contribution in [0.4, 0.5) is 17.1 Å². The second-order valence-corrected chi connectivity index (χ2v) is 12.5. The summed E-state index contributed by atoms with van der Waals surface area (Å²) in [4.78, 5) is 2.45. The number of benzene rings is 9. The maximum Gasteiger partial charge on any atom is 0.136 e. The fraction of sp³-hybridized carbons (Fsp3) is 0. The van der Waals surface area contributed by atoms with E-state index in [1.54, 1.807) is 0 Å². The third-order valence-electron chi connectivity index (χ3n) is 9.78. The lowest BCUT2D eigenvalue weighted by Gasteiger charge is -2.29. The van der Waals surface area contributed by atoms with Crippen LogP contribution in [-0.4, -0.2) is 0 Å². The fourth-order valence-corrected chi connectivity index (χ4v) is 7.58. The maximum atomic E-state index is 6.44. The Morgan fingerprint density at radius 1 is 0.333 bits per heavy atom. The first-order valence-corrected chi connectivity index (χ1v) is 16.4. The molecule has 0 bridgehead atoms. The van der Waals surface area contributed by atoms with Gasteiger partial charge in [-0.15, -0.1) is 0 Å². The number of nitrogens with zero attached hydrogens (tertiary/aromatic N) is 1. The number of anilines is 3. The van der Waals surface area contributed by atoms with Crippen molar-refractivity contribution >= 4 is 82.1 Å². The van der Waals surface area contributed by atoms with Crippen LogP contribution in [-0.2, 0) is 0 Å². The van der Waals surface area contributed by atoms with Gasteiger partial charge in [0.1, 0.15) is 11.2 Å². The highest BCUT2D eigenvalue weighted by Crippen LogP contribution is 2.46. The van der Waals surface area contributed by atoms with Gasteiger partial charge in [-0.1, -0.05) is 133 Å². The second-order valence-electron chi connectivity index (χ2n) is 12.5. The minimum absolute atomic E-state index is 0.892. The Kier molecular flexibility index (Phi) is 5.91. The molecule has 2 nitrogen and oxygen atoms in total. The summed E-state index contributed by atoms with van der Waals surface area (Å²) in [6, 6.07) is 63.4. The van der Waals surface area contributed by atoms with Gasteiger partial charge in [-0.25, -0.2) is 0 Å². The predicted molar refractivity (Wildman–Crippen MR) is 204 cm³/mol. The van der Waals surface area contributed by atoms with Gasteiger partial charge in [0.05, 0.1) is 11.4 Å². The average Bonchev–Trinajstić information content (AvgIpc) is 3.52. The van der Waals surface area contributed by atoms with E-state index in [4.69, 9.17) is 4.42 Å². The molecule has 0 aliphatic heterocycles. The van der Waals surface area contributed by atoms with Gasteiger partial charge in [0.2, 0.25) is 0 Å². The number of para-hydroxylation sites is 1. The smallest absolute Gasteiger partial charge is 0.136 e. The quantitative estimate of drug-likeness (QED) is 0.184. The van der Waals surface area contributed by atoms with Crippen molar-refractivity contribution in [3.8, 4) is 11.1 Å². The fourth-order valence-electron chi connectivity index (χ4n) is 7.58. The summed E-state index contributed by atoms with van der Waals surface area (Å²) in [6.45, 7) is 0. The van der Waals surface area contributed by atoms with Gasteiger partial charge in [0.25, 0.3) is 0 Å². The molecular weight excluding hydrogens is 583 g/mol. The summed E-state index contributed by atoms with van der Waals surface area (Å²) in [5.74, 6) is 0. The first-order chi connectivity index (χ1) is 23.8. The molecule has 10 rings (SSSR count). The van der Waals surface area contributed by atoms with Gasteiger partial charge in [0, 0.05) is 27.2 Å². The van der Waals surface area contributed by atoms with Crippen molar-refractivity contribution in [3.05, 3.63) is 176 Å². The van der Waals surface area contributed by atoms with Crippen molar-refractivity contribution in [1.29, 1.82) is 0 Å². The lowest BCUT2D eigenvalue weighted by molar-refractivity contribution is 0.669. The maximum absolute atomic E-state index is 6.44. The Labute approximate surface area is 277 Å². The molecule has 1 heterocycles. The predicted octanol–water partition coefficient (Wildman–Crippen LogP) is 13.3. The van der Waals surface area contributed by atoms with Gasteiger partial charge < -0.3 is 9.32 Å². The normalized spacial score (nSPS) is 11.8. The van der Waals surface area contributed by atoms with Crippen LogP contribution in [0.3, 0.4) is 0 Å². The molecule has 0 saturated carbocycles.